The molecule has 4 N–H and O–H groups in total. The molecule has 0 aromatic carbocycles. The first-order chi connectivity index (χ1) is 4.75. The molecule has 0 aliphatic carbocycles. The molecule has 0 aromatic rings. The summed E-state index contributed by atoms with van der Waals surface area (Å²) in [7, 11) is 0. The lowest BCUT2D eigenvalue weighted by molar-refractivity contribution is -0.114. The Morgan fingerprint density at radius 2 is 2.50 bits per heavy atom. The molecular formula is C5H8N2O2S. The van der Waals surface area contributed by atoms with Crippen molar-refractivity contribution in [1.29, 1.82) is 0 Å². The summed E-state index contributed by atoms with van der Waals surface area (Å²) >= 11 is 0.537. The summed E-state index contributed by atoms with van der Waals surface area (Å²) in [5.41, 5.74) is 5.50. The lowest BCUT2D eigenvalue weighted by atomic mass is 10.2. The van der Waals surface area contributed by atoms with Crippen molar-refractivity contribution in [2.45, 2.75) is 6.42 Å². The van der Waals surface area contributed by atoms with Crippen LogP contribution < -0.4 is 11.1 Å². The Balaban J connectivity index is 2.78. The number of rotatable bonds is 2. The summed E-state index contributed by atoms with van der Waals surface area (Å²) in [6.45, 7) is 0.682. The molecule has 0 atom stereocenters. The minimum Gasteiger partial charge on any atom is -0.377 e. The van der Waals surface area contributed by atoms with Crippen LogP contribution in [0.2, 0.25) is 0 Å². The van der Waals surface area contributed by atoms with Crippen molar-refractivity contribution in [3.63, 3.8) is 0 Å². The van der Waals surface area contributed by atoms with Gasteiger partial charge in [-0.05, 0) is 6.42 Å². The molecule has 4 nitrogen and oxygen atoms in total. The third-order valence-corrected chi connectivity index (χ3v) is 1.90. The zero-order valence-corrected chi connectivity index (χ0v) is 6.07. The molecule has 10 heavy (non-hydrogen) atoms. The van der Waals surface area contributed by atoms with Gasteiger partial charge < -0.3 is 15.6 Å². The second-order valence-corrected chi connectivity index (χ2v) is 2.53. The van der Waals surface area contributed by atoms with Crippen LogP contribution in [-0.4, -0.2) is 17.0 Å². The van der Waals surface area contributed by atoms with E-state index in [4.69, 9.17) is 10.3 Å². The van der Waals surface area contributed by atoms with Gasteiger partial charge in [-0.1, -0.05) is 0 Å². The number of primary amides is 1. The van der Waals surface area contributed by atoms with Gasteiger partial charge in [0.05, 0.1) is 5.57 Å². The summed E-state index contributed by atoms with van der Waals surface area (Å²) in [6, 6.07) is 0. The van der Waals surface area contributed by atoms with Crippen LogP contribution in [-0.2, 0) is 4.79 Å². The van der Waals surface area contributed by atoms with Crippen molar-refractivity contribution in [2.24, 2.45) is 5.73 Å². The standard InChI is InChI=1S/C5H8N2O2S/c6-4(8)3-1-2-7-5(3)10-9/h7,9H,1-2H2,(H2,6,8). The number of nitrogens with two attached hydrogens (primary N) is 1. The van der Waals surface area contributed by atoms with Gasteiger partial charge in [0, 0.05) is 18.6 Å². The summed E-state index contributed by atoms with van der Waals surface area (Å²) in [5.74, 6) is -0.457. The van der Waals surface area contributed by atoms with Gasteiger partial charge in [0.15, 0.2) is 0 Å². The van der Waals surface area contributed by atoms with Gasteiger partial charge in [-0.2, -0.15) is 0 Å². The van der Waals surface area contributed by atoms with Crippen molar-refractivity contribution in [3.05, 3.63) is 10.6 Å². The predicted molar refractivity (Wildman–Crippen MR) is 39.1 cm³/mol. The van der Waals surface area contributed by atoms with Gasteiger partial charge in [-0.3, -0.25) is 4.79 Å². The Morgan fingerprint density at radius 3 is 2.90 bits per heavy atom. The molecule has 1 heterocycles. The van der Waals surface area contributed by atoms with Crippen LogP contribution >= 0.6 is 12.0 Å². The second-order valence-electron chi connectivity index (χ2n) is 1.94. The fraction of sp³-hybridized carbons (Fsp3) is 0.400. The lowest BCUT2D eigenvalue weighted by Crippen LogP contribution is -2.13. The average molecular weight is 160 g/mol. The second kappa shape index (κ2) is 2.94. The molecule has 0 aromatic heterocycles. The molecule has 56 valence electrons. The lowest BCUT2D eigenvalue weighted by Gasteiger charge is -1.96. The van der Waals surface area contributed by atoms with Crippen LogP contribution in [0.3, 0.4) is 0 Å². The minimum atomic E-state index is -0.457. The van der Waals surface area contributed by atoms with Crippen LogP contribution in [0, 0.1) is 0 Å². The Kier molecular flexibility index (Phi) is 2.18. The number of carbonyl (C=O) groups excluding carboxylic acids is 1. The molecule has 0 unspecified atom stereocenters. The molecule has 0 saturated heterocycles. The monoisotopic (exact) mass is 160 g/mol. The summed E-state index contributed by atoms with van der Waals surface area (Å²) < 4.78 is 8.57. The van der Waals surface area contributed by atoms with Gasteiger partial charge in [-0.15, -0.1) is 0 Å². The fourth-order valence-corrected chi connectivity index (χ4v) is 1.32. The van der Waals surface area contributed by atoms with E-state index in [1.807, 2.05) is 0 Å². The average Bonchev–Trinajstić information content (AvgIpc) is 2.33. The maximum Gasteiger partial charge on any atom is 0.247 e. The third-order valence-electron chi connectivity index (χ3n) is 1.32. The van der Waals surface area contributed by atoms with E-state index >= 15 is 0 Å². The van der Waals surface area contributed by atoms with Crippen LogP contribution in [0.1, 0.15) is 6.42 Å². The van der Waals surface area contributed by atoms with Gasteiger partial charge in [0.25, 0.3) is 0 Å². The van der Waals surface area contributed by atoms with E-state index in [-0.39, 0.29) is 0 Å². The summed E-state index contributed by atoms with van der Waals surface area (Å²) in [4.78, 5) is 10.6. The van der Waals surface area contributed by atoms with Crippen LogP contribution in [0.4, 0.5) is 0 Å². The molecule has 1 amide bonds. The Bertz CT molecular complexity index is 190. The molecule has 0 saturated carbocycles. The van der Waals surface area contributed by atoms with E-state index in [2.05, 4.69) is 5.32 Å². The van der Waals surface area contributed by atoms with Gasteiger partial charge in [-0.25, -0.2) is 0 Å². The van der Waals surface area contributed by atoms with Crippen LogP contribution in [0.15, 0.2) is 10.6 Å². The van der Waals surface area contributed by atoms with Crippen LogP contribution in [0.5, 0.6) is 0 Å². The van der Waals surface area contributed by atoms with E-state index in [0.717, 1.165) is 0 Å². The van der Waals surface area contributed by atoms with Crippen LogP contribution in [0.25, 0.3) is 0 Å². The first kappa shape index (κ1) is 7.43. The van der Waals surface area contributed by atoms with Gasteiger partial charge in [0.1, 0.15) is 5.03 Å². The molecule has 0 spiro atoms. The molecule has 0 bridgehead atoms. The SMILES string of the molecule is NC(=O)C1=C(SO)NCC1. The molecule has 1 aliphatic rings. The molecule has 1 rings (SSSR count). The largest absolute Gasteiger partial charge is 0.377 e. The molecule has 0 fully saturated rings. The minimum absolute atomic E-state index is 0.457. The highest BCUT2D eigenvalue weighted by molar-refractivity contribution is 7.97. The van der Waals surface area contributed by atoms with Crippen molar-refractivity contribution in [3.8, 4) is 0 Å². The van der Waals surface area contributed by atoms with E-state index in [1.165, 1.54) is 0 Å². The number of hydrogen-bond acceptors (Lipinski definition) is 4. The van der Waals surface area contributed by atoms with Crippen molar-refractivity contribution >= 4 is 17.9 Å². The highest BCUT2D eigenvalue weighted by Gasteiger charge is 2.17. The molecule has 5 heteroatoms. The Morgan fingerprint density at radius 1 is 1.80 bits per heavy atom. The molecular weight excluding hydrogens is 152 g/mol. The molecule has 0 radical (unpaired) electrons. The van der Waals surface area contributed by atoms with Gasteiger partial charge in [0.2, 0.25) is 5.91 Å². The number of hydrogen-bond donors (Lipinski definition) is 3. The van der Waals surface area contributed by atoms with Crippen molar-refractivity contribution < 1.29 is 9.35 Å². The van der Waals surface area contributed by atoms with Gasteiger partial charge >= 0.3 is 0 Å². The number of nitrogens with one attached hydrogen (secondary N) is 1. The molecule has 1 aliphatic heterocycles. The predicted octanol–water partition coefficient (Wildman–Crippen LogP) is -0.117. The topological polar surface area (TPSA) is 75.4 Å². The first-order valence-corrected chi connectivity index (χ1v) is 3.61. The van der Waals surface area contributed by atoms with E-state index in [0.29, 0.717) is 35.6 Å². The Hall–Kier alpha value is -0.680. The van der Waals surface area contributed by atoms with Crippen molar-refractivity contribution in [2.75, 3.05) is 6.54 Å². The smallest absolute Gasteiger partial charge is 0.247 e. The summed E-state index contributed by atoms with van der Waals surface area (Å²) in [6.07, 6.45) is 0.609. The van der Waals surface area contributed by atoms with Crippen molar-refractivity contribution in [1.82, 2.24) is 5.32 Å². The highest BCUT2D eigenvalue weighted by Crippen LogP contribution is 2.20. The van der Waals surface area contributed by atoms with E-state index in [9.17, 15) is 4.79 Å². The number of carbonyl (C=O) groups is 1. The normalized spacial score (nSPS) is 17.3. The quantitative estimate of drug-likeness (QED) is 0.492. The maximum atomic E-state index is 10.6. The van der Waals surface area contributed by atoms with E-state index in [1.54, 1.807) is 0 Å². The Labute approximate surface area is 62.7 Å². The third kappa shape index (κ3) is 1.25. The highest BCUT2D eigenvalue weighted by atomic mass is 32.2. The summed E-state index contributed by atoms with van der Waals surface area (Å²) in [5, 5.41) is 3.32. The van der Waals surface area contributed by atoms with E-state index < -0.39 is 5.91 Å². The zero-order valence-electron chi connectivity index (χ0n) is 5.26. The zero-order chi connectivity index (χ0) is 7.56. The fourth-order valence-electron chi connectivity index (χ4n) is 0.844. The maximum absolute atomic E-state index is 10.6. The number of amides is 1. The first-order valence-electron chi connectivity index (χ1n) is 2.84.